The van der Waals surface area contributed by atoms with Gasteiger partial charge < -0.3 is 14.7 Å². The minimum atomic E-state index is -0.687. The maximum atomic E-state index is 12.1. The molecule has 2 saturated heterocycles. The molecule has 0 saturated carbocycles. The summed E-state index contributed by atoms with van der Waals surface area (Å²) in [6.07, 6.45) is 0.901. The van der Waals surface area contributed by atoms with Crippen molar-refractivity contribution < 1.29 is 14.6 Å². The number of rotatable bonds is 3. The Morgan fingerprint density at radius 3 is 2.56 bits per heavy atom. The van der Waals surface area contributed by atoms with Gasteiger partial charge in [0.2, 0.25) is 5.91 Å². The van der Waals surface area contributed by atoms with E-state index in [1.54, 1.807) is 0 Å². The first-order valence-electron chi connectivity index (χ1n) is 6.77. The van der Waals surface area contributed by atoms with E-state index in [2.05, 4.69) is 4.90 Å². The van der Waals surface area contributed by atoms with E-state index in [4.69, 9.17) is 4.74 Å². The maximum absolute atomic E-state index is 12.1. The number of carbonyl (C=O) groups is 1. The highest BCUT2D eigenvalue weighted by Crippen LogP contribution is 2.27. The molecule has 18 heavy (non-hydrogen) atoms. The predicted octanol–water partition coefficient (Wildman–Crippen LogP) is -0.0620. The minimum absolute atomic E-state index is 0.184. The third-order valence-corrected chi connectivity index (χ3v) is 4.00. The molecular formula is C13H24N2O3. The SMILES string of the molecule is CC(C)(O)C1CCN(C(=O)CN2CCOCC2)C1. The Balaban J connectivity index is 1.80. The number of ether oxygens (including phenoxy) is 1. The molecule has 2 rings (SSSR count). The Morgan fingerprint density at radius 2 is 2.00 bits per heavy atom. The van der Waals surface area contributed by atoms with Gasteiger partial charge in [-0.3, -0.25) is 9.69 Å². The van der Waals surface area contributed by atoms with E-state index < -0.39 is 5.60 Å². The zero-order valence-corrected chi connectivity index (χ0v) is 11.4. The third kappa shape index (κ3) is 3.43. The molecule has 1 unspecified atom stereocenters. The van der Waals surface area contributed by atoms with Crippen molar-refractivity contribution in [1.29, 1.82) is 0 Å². The van der Waals surface area contributed by atoms with Crippen molar-refractivity contribution in [3.8, 4) is 0 Å². The molecule has 0 bridgehead atoms. The molecule has 1 amide bonds. The van der Waals surface area contributed by atoms with E-state index in [1.807, 2.05) is 18.7 Å². The molecule has 2 fully saturated rings. The molecule has 2 aliphatic heterocycles. The van der Waals surface area contributed by atoms with Gasteiger partial charge in [-0.15, -0.1) is 0 Å². The van der Waals surface area contributed by atoms with Gasteiger partial charge in [0.25, 0.3) is 0 Å². The van der Waals surface area contributed by atoms with Crippen LogP contribution in [0.1, 0.15) is 20.3 Å². The van der Waals surface area contributed by atoms with Gasteiger partial charge in [-0.05, 0) is 20.3 Å². The molecule has 1 atom stereocenters. The summed E-state index contributed by atoms with van der Waals surface area (Å²) in [5.74, 6) is 0.384. The smallest absolute Gasteiger partial charge is 0.236 e. The second-order valence-electron chi connectivity index (χ2n) is 5.87. The van der Waals surface area contributed by atoms with Crippen LogP contribution in [0.15, 0.2) is 0 Å². The van der Waals surface area contributed by atoms with Gasteiger partial charge in [-0.1, -0.05) is 0 Å². The molecule has 2 aliphatic rings. The lowest BCUT2D eigenvalue weighted by atomic mass is 9.90. The lowest BCUT2D eigenvalue weighted by Crippen LogP contribution is -2.44. The number of likely N-dealkylation sites (tertiary alicyclic amines) is 1. The van der Waals surface area contributed by atoms with Crippen LogP contribution in [0.25, 0.3) is 0 Å². The second-order valence-corrected chi connectivity index (χ2v) is 5.87. The number of nitrogens with zero attached hydrogens (tertiary/aromatic N) is 2. The summed E-state index contributed by atoms with van der Waals surface area (Å²) in [6, 6.07) is 0. The van der Waals surface area contributed by atoms with E-state index in [1.165, 1.54) is 0 Å². The van der Waals surface area contributed by atoms with E-state index >= 15 is 0 Å². The predicted molar refractivity (Wildman–Crippen MR) is 68.2 cm³/mol. The van der Waals surface area contributed by atoms with Crippen molar-refractivity contribution >= 4 is 5.91 Å². The molecule has 5 heteroatoms. The van der Waals surface area contributed by atoms with Gasteiger partial charge in [0.15, 0.2) is 0 Å². The summed E-state index contributed by atoms with van der Waals surface area (Å²) in [4.78, 5) is 16.2. The van der Waals surface area contributed by atoms with Crippen LogP contribution >= 0.6 is 0 Å². The standard InChI is InChI=1S/C13H24N2O3/c1-13(2,17)11-3-4-15(9-11)12(16)10-14-5-7-18-8-6-14/h11,17H,3-10H2,1-2H3. The largest absolute Gasteiger partial charge is 0.390 e. The lowest BCUT2D eigenvalue weighted by Gasteiger charge is -2.29. The zero-order chi connectivity index (χ0) is 13.2. The monoisotopic (exact) mass is 256 g/mol. The summed E-state index contributed by atoms with van der Waals surface area (Å²) >= 11 is 0. The third-order valence-electron chi connectivity index (χ3n) is 4.00. The normalized spacial score (nSPS) is 26.6. The van der Waals surface area contributed by atoms with E-state index in [0.717, 1.165) is 39.3 Å². The summed E-state index contributed by atoms with van der Waals surface area (Å²) in [6.45, 7) is 8.73. The first-order chi connectivity index (χ1) is 8.47. The van der Waals surface area contributed by atoms with Crippen LogP contribution in [0.5, 0.6) is 0 Å². The van der Waals surface area contributed by atoms with Gasteiger partial charge in [-0.25, -0.2) is 0 Å². The van der Waals surface area contributed by atoms with Crippen LogP contribution in [0.4, 0.5) is 0 Å². The molecule has 0 radical (unpaired) electrons. The van der Waals surface area contributed by atoms with Crippen LogP contribution in [-0.4, -0.2) is 72.4 Å². The van der Waals surface area contributed by atoms with Crippen molar-refractivity contribution in [1.82, 2.24) is 9.80 Å². The van der Waals surface area contributed by atoms with Crippen molar-refractivity contribution in [2.45, 2.75) is 25.9 Å². The van der Waals surface area contributed by atoms with Crippen LogP contribution in [0.2, 0.25) is 0 Å². The lowest BCUT2D eigenvalue weighted by molar-refractivity contribution is -0.132. The molecule has 0 aromatic heterocycles. The van der Waals surface area contributed by atoms with Gasteiger partial charge >= 0.3 is 0 Å². The van der Waals surface area contributed by atoms with E-state index in [9.17, 15) is 9.90 Å². The number of aliphatic hydroxyl groups is 1. The highest BCUT2D eigenvalue weighted by atomic mass is 16.5. The summed E-state index contributed by atoms with van der Waals surface area (Å²) in [7, 11) is 0. The van der Waals surface area contributed by atoms with Crippen LogP contribution in [0, 0.1) is 5.92 Å². The number of hydrogen-bond acceptors (Lipinski definition) is 4. The van der Waals surface area contributed by atoms with E-state index in [-0.39, 0.29) is 11.8 Å². The fraction of sp³-hybridized carbons (Fsp3) is 0.923. The molecule has 0 aromatic rings. The Hall–Kier alpha value is -0.650. The average molecular weight is 256 g/mol. The molecule has 5 nitrogen and oxygen atoms in total. The Labute approximate surface area is 109 Å². The molecule has 1 N–H and O–H groups in total. The zero-order valence-electron chi connectivity index (χ0n) is 11.4. The minimum Gasteiger partial charge on any atom is -0.390 e. The summed E-state index contributed by atoms with van der Waals surface area (Å²) in [5, 5.41) is 9.97. The number of hydrogen-bond donors (Lipinski definition) is 1. The Morgan fingerprint density at radius 1 is 1.33 bits per heavy atom. The van der Waals surface area contributed by atoms with Gasteiger partial charge in [0.05, 0.1) is 25.4 Å². The number of amides is 1. The fourth-order valence-corrected chi connectivity index (χ4v) is 2.61. The molecule has 0 aromatic carbocycles. The van der Waals surface area contributed by atoms with Crippen molar-refractivity contribution in [2.24, 2.45) is 5.92 Å². The van der Waals surface area contributed by atoms with Crippen LogP contribution in [-0.2, 0) is 9.53 Å². The molecule has 2 heterocycles. The quantitative estimate of drug-likeness (QED) is 0.768. The molecule has 0 spiro atoms. The fourth-order valence-electron chi connectivity index (χ4n) is 2.61. The highest BCUT2D eigenvalue weighted by molar-refractivity contribution is 5.78. The van der Waals surface area contributed by atoms with Gasteiger partial charge in [0, 0.05) is 32.1 Å². The topological polar surface area (TPSA) is 53.0 Å². The van der Waals surface area contributed by atoms with Crippen LogP contribution in [0.3, 0.4) is 0 Å². The first-order valence-corrected chi connectivity index (χ1v) is 6.77. The van der Waals surface area contributed by atoms with E-state index in [0.29, 0.717) is 13.1 Å². The number of carbonyl (C=O) groups excluding carboxylic acids is 1. The number of morpholine rings is 1. The first kappa shape index (κ1) is 13.8. The average Bonchev–Trinajstić information content (AvgIpc) is 2.79. The van der Waals surface area contributed by atoms with Crippen molar-refractivity contribution in [3.63, 3.8) is 0 Å². The summed E-state index contributed by atoms with van der Waals surface area (Å²) < 4.78 is 5.27. The molecule has 104 valence electrons. The van der Waals surface area contributed by atoms with Crippen molar-refractivity contribution in [2.75, 3.05) is 45.9 Å². The Kier molecular flexibility index (Phi) is 4.25. The molecule has 0 aliphatic carbocycles. The van der Waals surface area contributed by atoms with Crippen molar-refractivity contribution in [3.05, 3.63) is 0 Å². The van der Waals surface area contributed by atoms with Gasteiger partial charge in [-0.2, -0.15) is 0 Å². The summed E-state index contributed by atoms with van der Waals surface area (Å²) in [5.41, 5.74) is -0.687. The molecular weight excluding hydrogens is 232 g/mol. The Bertz CT molecular complexity index is 295. The van der Waals surface area contributed by atoms with Gasteiger partial charge in [0.1, 0.15) is 0 Å². The highest BCUT2D eigenvalue weighted by Gasteiger charge is 2.35. The second kappa shape index (κ2) is 5.55. The maximum Gasteiger partial charge on any atom is 0.236 e. The van der Waals surface area contributed by atoms with Crippen LogP contribution < -0.4 is 0 Å².